The summed E-state index contributed by atoms with van der Waals surface area (Å²) < 4.78 is 0. The van der Waals surface area contributed by atoms with Crippen molar-refractivity contribution in [2.45, 2.75) is 57.8 Å². The smallest absolute Gasteiger partial charge is 0.00204 e. The van der Waals surface area contributed by atoms with Crippen molar-refractivity contribution in [3.05, 3.63) is 0 Å². The highest BCUT2D eigenvalue weighted by Crippen LogP contribution is 2.28. The van der Waals surface area contributed by atoms with Gasteiger partial charge in [-0.25, -0.2) is 0 Å². The van der Waals surface area contributed by atoms with E-state index in [1.165, 1.54) is 70.9 Å². The van der Waals surface area contributed by atoms with Crippen molar-refractivity contribution in [1.82, 2.24) is 5.32 Å². The Morgan fingerprint density at radius 1 is 0.643 bits per heavy atom. The monoisotopic (exact) mass is 195 g/mol. The summed E-state index contributed by atoms with van der Waals surface area (Å²) in [5, 5.41) is 3.67. The lowest BCUT2D eigenvalue weighted by molar-refractivity contribution is 0.359. The molecule has 0 radical (unpaired) electrons. The first-order valence-electron chi connectivity index (χ1n) is 6.66. The highest BCUT2D eigenvalue weighted by Gasteiger charge is 2.20. The van der Waals surface area contributed by atoms with Crippen LogP contribution in [0.3, 0.4) is 0 Å². The molecule has 82 valence electrons. The summed E-state index contributed by atoms with van der Waals surface area (Å²) in [4.78, 5) is 0. The Balaban J connectivity index is 1.56. The maximum Gasteiger partial charge on any atom is -0.00204 e. The SMILES string of the molecule is C1CCCC(CNCC2CC2)CCC1. The van der Waals surface area contributed by atoms with Crippen LogP contribution in [0.1, 0.15) is 57.8 Å². The molecule has 0 spiro atoms. The molecule has 1 nitrogen and oxygen atoms in total. The topological polar surface area (TPSA) is 12.0 Å². The number of hydrogen-bond donors (Lipinski definition) is 1. The molecule has 1 heteroatoms. The van der Waals surface area contributed by atoms with Crippen molar-refractivity contribution in [2.75, 3.05) is 13.1 Å². The van der Waals surface area contributed by atoms with Crippen LogP contribution in [0.2, 0.25) is 0 Å². The van der Waals surface area contributed by atoms with Gasteiger partial charge in [0.1, 0.15) is 0 Å². The lowest BCUT2D eigenvalue weighted by Gasteiger charge is -2.19. The Bertz CT molecular complexity index is 143. The molecule has 0 atom stereocenters. The second-order valence-electron chi connectivity index (χ2n) is 5.31. The highest BCUT2D eigenvalue weighted by molar-refractivity contribution is 4.76. The molecule has 2 aliphatic carbocycles. The Hall–Kier alpha value is -0.0400. The van der Waals surface area contributed by atoms with E-state index in [1.54, 1.807) is 0 Å². The van der Waals surface area contributed by atoms with E-state index in [9.17, 15) is 0 Å². The summed E-state index contributed by atoms with van der Waals surface area (Å²) >= 11 is 0. The van der Waals surface area contributed by atoms with Crippen LogP contribution in [0.5, 0.6) is 0 Å². The summed E-state index contributed by atoms with van der Waals surface area (Å²) in [7, 11) is 0. The molecular weight excluding hydrogens is 170 g/mol. The minimum absolute atomic E-state index is 0.994. The zero-order chi connectivity index (χ0) is 9.64. The van der Waals surface area contributed by atoms with Crippen molar-refractivity contribution in [1.29, 1.82) is 0 Å². The molecule has 0 heterocycles. The third-order valence-corrected chi connectivity index (χ3v) is 3.79. The normalized spacial score (nSPS) is 25.7. The Morgan fingerprint density at radius 2 is 1.14 bits per heavy atom. The van der Waals surface area contributed by atoms with Gasteiger partial charge in [-0.2, -0.15) is 0 Å². The van der Waals surface area contributed by atoms with Gasteiger partial charge in [0.15, 0.2) is 0 Å². The summed E-state index contributed by atoms with van der Waals surface area (Å²) in [6.07, 6.45) is 13.4. The largest absolute Gasteiger partial charge is 0.316 e. The van der Waals surface area contributed by atoms with Gasteiger partial charge in [-0.1, -0.05) is 32.1 Å². The van der Waals surface area contributed by atoms with Gasteiger partial charge in [-0.05, 0) is 50.6 Å². The zero-order valence-electron chi connectivity index (χ0n) is 9.43. The average Bonchev–Trinajstić information content (AvgIpc) is 2.92. The molecule has 0 bridgehead atoms. The van der Waals surface area contributed by atoms with E-state index in [0.717, 1.165) is 11.8 Å². The lowest BCUT2D eigenvalue weighted by Crippen LogP contribution is -2.25. The summed E-state index contributed by atoms with van der Waals surface area (Å²) in [5.74, 6) is 2.04. The minimum Gasteiger partial charge on any atom is -0.316 e. The third kappa shape index (κ3) is 4.00. The van der Waals surface area contributed by atoms with Gasteiger partial charge in [-0.15, -0.1) is 0 Å². The molecule has 1 N–H and O–H groups in total. The van der Waals surface area contributed by atoms with E-state index in [0.29, 0.717) is 0 Å². The van der Waals surface area contributed by atoms with Crippen LogP contribution in [0.15, 0.2) is 0 Å². The predicted molar refractivity (Wildman–Crippen MR) is 61.4 cm³/mol. The molecule has 0 unspecified atom stereocenters. The van der Waals surface area contributed by atoms with E-state index in [4.69, 9.17) is 0 Å². The first-order valence-corrected chi connectivity index (χ1v) is 6.66. The molecule has 2 fully saturated rings. The van der Waals surface area contributed by atoms with Crippen LogP contribution in [0.25, 0.3) is 0 Å². The first kappa shape index (κ1) is 10.5. The van der Waals surface area contributed by atoms with Gasteiger partial charge in [0, 0.05) is 0 Å². The zero-order valence-corrected chi connectivity index (χ0v) is 9.43. The van der Waals surface area contributed by atoms with Crippen LogP contribution in [-0.2, 0) is 0 Å². The molecule has 0 aromatic rings. The molecule has 2 aliphatic rings. The van der Waals surface area contributed by atoms with Crippen molar-refractivity contribution in [2.24, 2.45) is 11.8 Å². The summed E-state index contributed by atoms with van der Waals surface area (Å²) in [6, 6.07) is 0. The summed E-state index contributed by atoms with van der Waals surface area (Å²) in [5.41, 5.74) is 0. The molecule has 0 aromatic heterocycles. The molecule has 2 saturated carbocycles. The number of hydrogen-bond acceptors (Lipinski definition) is 1. The first-order chi connectivity index (χ1) is 6.95. The second kappa shape index (κ2) is 5.75. The quantitative estimate of drug-likeness (QED) is 0.725. The van der Waals surface area contributed by atoms with E-state index < -0.39 is 0 Å². The molecule has 14 heavy (non-hydrogen) atoms. The third-order valence-electron chi connectivity index (χ3n) is 3.79. The van der Waals surface area contributed by atoms with Crippen LogP contribution in [0.4, 0.5) is 0 Å². The van der Waals surface area contributed by atoms with Crippen molar-refractivity contribution < 1.29 is 0 Å². The molecular formula is C13H25N. The fraction of sp³-hybridized carbons (Fsp3) is 1.00. The minimum atomic E-state index is 0.994. The Labute approximate surface area is 88.7 Å². The average molecular weight is 195 g/mol. The van der Waals surface area contributed by atoms with Crippen molar-refractivity contribution in [3.63, 3.8) is 0 Å². The van der Waals surface area contributed by atoms with Crippen LogP contribution in [-0.4, -0.2) is 13.1 Å². The standard InChI is InChI=1S/C13H25N/c1-2-4-6-12(7-5-3-1)10-14-11-13-8-9-13/h12-14H,1-11H2. The maximum atomic E-state index is 3.67. The van der Waals surface area contributed by atoms with Crippen molar-refractivity contribution in [3.8, 4) is 0 Å². The van der Waals surface area contributed by atoms with Crippen LogP contribution < -0.4 is 5.32 Å². The lowest BCUT2D eigenvalue weighted by atomic mass is 9.91. The fourth-order valence-corrected chi connectivity index (χ4v) is 2.56. The maximum absolute atomic E-state index is 3.67. The van der Waals surface area contributed by atoms with E-state index >= 15 is 0 Å². The molecule has 0 amide bonds. The number of nitrogens with one attached hydrogen (secondary N) is 1. The molecule has 0 saturated heterocycles. The van der Waals surface area contributed by atoms with E-state index in [2.05, 4.69) is 5.32 Å². The van der Waals surface area contributed by atoms with E-state index in [-0.39, 0.29) is 0 Å². The van der Waals surface area contributed by atoms with Crippen LogP contribution >= 0.6 is 0 Å². The predicted octanol–water partition coefficient (Wildman–Crippen LogP) is 3.35. The van der Waals surface area contributed by atoms with Gasteiger partial charge in [0.2, 0.25) is 0 Å². The molecule has 0 aromatic carbocycles. The molecule has 2 rings (SSSR count). The van der Waals surface area contributed by atoms with Gasteiger partial charge in [0.25, 0.3) is 0 Å². The van der Waals surface area contributed by atoms with Gasteiger partial charge in [-0.3, -0.25) is 0 Å². The van der Waals surface area contributed by atoms with Crippen LogP contribution in [0, 0.1) is 11.8 Å². The summed E-state index contributed by atoms with van der Waals surface area (Å²) in [6.45, 7) is 2.60. The van der Waals surface area contributed by atoms with Gasteiger partial charge in [0.05, 0.1) is 0 Å². The van der Waals surface area contributed by atoms with Crippen molar-refractivity contribution >= 4 is 0 Å². The van der Waals surface area contributed by atoms with Gasteiger partial charge < -0.3 is 5.32 Å². The Morgan fingerprint density at radius 3 is 1.71 bits per heavy atom. The fourth-order valence-electron chi connectivity index (χ4n) is 2.56. The molecule has 0 aliphatic heterocycles. The highest BCUT2D eigenvalue weighted by atomic mass is 14.9. The number of rotatable bonds is 4. The van der Waals surface area contributed by atoms with E-state index in [1.807, 2.05) is 0 Å². The second-order valence-corrected chi connectivity index (χ2v) is 5.31. The van der Waals surface area contributed by atoms with Gasteiger partial charge >= 0.3 is 0 Å². The Kier molecular flexibility index (Phi) is 4.30.